The van der Waals surface area contributed by atoms with E-state index in [4.69, 9.17) is 11.2 Å². The van der Waals surface area contributed by atoms with E-state index in [1.54, 1.807) is 0 Å². The van der Waals surface area contributed by atoms with Crippen LogP contribution in [0.5, 0.6) is 0 Å². The lowest BCUT2D eigenvalue weighted by Gasteiger charge is -2.14. The number of aromatic nitrogens is 2. The molecule has 17 heavy (non-hydrogen) atoms. The Bertz CT molecular complexity index is 568. The van der Waals surface area contributed by atoms with Gasteiger partial charge < -0.3 is 14.9 Å². The number of hydrogen-bond donors (Lipinski definition) is 3. The topological polar surface area (TPSA) is 105 Å². The molecule has 94 valence electrons. The second-order valence-corrected chi connectivity index (χ2v) is 3.95. The third-order valence-electron chi connectivity index (χ3n) is 2.67. The highest BCUT2D eigenvalue weighted by molar-refractivity contribution is 5.02. The summed E-state index contributed by atoms with van der Waals surface area (Å²) in [5, 5.41) is 18.6. The SMILES string of the molecule is [2H][C@]1(n2cc(C)c(=O)[nH]c2=O)C[C@H](O)[C@@H](CO)O1. The summed E-state index contributed by atoms with van der Waals surface area (Å²) in [5.74, 6) is 0. The summed E-state index contributed by atoms with van der Waals surface area (Å²) in [6.45, 7) is 1.05. The summed E-state index contributed by atoms with van der Waals surface area (Å²) < 4.78 is 14.1. The van der Waals surface area contributed by atoms with Crippen LogP contribution in [0.15, 0.2) is 15.8 Å². The van der Waals surface area contributed by atoms with Crippen molar-refractivity contribution in [1.82, 2.24) is 9.55 Å². The predicted octanol–water partition coefficient (Wildman–Crippen LogP) is -1.51. The van der Waals surface area contributed by atoms with E-state index in [9.17, 15) is 14.7 Å². The van der Waals surface area contributed by atoms with Gasteiger partial charge in [-0.1, -0.05) is 0 Å². The monoisotopic (exact) mass is 243 g/mol. The Balaban J connectivity index is 2.47. The number of aryl methyl sites for hydroxylation is 1. The molecule has 0 amide bonds. The smallest absolute Gasteiger partial charge is 0.330 e. The first-order valence-electron chi connectivity index (χ1n) is 5.67. The van der Waals surface area contributed by atoms with Gasteiger partial charge in [-0.2, -0.15) is 0 Å². The first-order chi connectivity index (χ1) is 8.37. The standard InChI is InChI=1S/C10H14N2O5/c1-5-3-12(10(16)11-9(5)15)8-2-6(14)7(4-13)17-8/h3,6-8,13-14H,2,4H2,1H3,(H,11,15,16)/t6-,7+,8+/m0/s1/i8D. The predicted molar refractivity (Wildman–Crippen MR) is 57.7 cm³/mol. The number of H-pyrrole nitrogens is 1. The van der Waals surface area contributed by atoms with Crippen molar-refractivity contribution in [2.24, 2.45) is 0 Å². The van der Waals surface area contributed by atoms with Gasteiger partial charge in [-0.15, -0.1) is 0 Å². The van der Waals surface area contributed by atoms with E-state index in [1.807, 2.05) is 0 Å². The molecule has 1 saturated heterocycles. The Kier molecular flexibility index (Phi) is 2.79. The van der Waals surface area contributed by atoms with Crippen molar-refractivity contribution in [3.63, 3.8) is 0 Å². The normalized spacial score (nSPS) is 33.7. The van der Waals surface area contributed by atoms with Crippen molar-refractivity contribution >= 4 is 0 Å². The molecule has 0 aromatic carbocycles. The maximum absolute atomic E-state index is 11.6. The second kappa shape index (κ2) is 4.44. The maximum atomic E-state index is 11.6. The minimum atomic E-state index is -1.82. The number of ether oxygens (including phenoxy) is 1. The van der Waals surface area contributed by atoms with Gasteiger partial charge in [0.05, 0.1) is 14.1 Å². The lowest BCUT2D eigenvalue weighted by molar-refractivity contribution is -0.0459. The molecule has 1 aliphatic rings. The fourth-order valence-corrected chi connectivity index (χ4v) is 1.68. The van der Waals surface area contributed by atoms with E-state index >= 15 is 0 Å². The van der Waals surface area contributed by atoms with E-state index in [0.717, 1.165) is 4.57 Å². The van der Waals surface area contributed by atoms with Gasteiger partial charge in [0.15, 0.2) is 0 Å². The Morgan fingerprint density at radius 1 is 1.71 bits per heavy atom. The molecule has 0 unspecified atom stereocenters. The molecule has 3 N–H and O–H groups in total. The number of aromatic amines is 1. The van der Waals surface area contributed by atoms with E-state index in [1.165, 1.54) is 13.1 Å². The molecule has 3 atom stereocenters. The molecule has 0 bridgehead atoms. The first kappa shape index (κ1) is 10.7. The fourth-order valence-electron chi connectivity index (χ4n) is 1.68. The van der Waals surface area contributed by atoms with Gasteiger partial charge >= 0.3 is 5.69 Å². The fraction of sp³-hybridized carbons (Fsp3) is 0.600. The van der Waals surface area contributed by atoms with Crippen molar-refractivity contribution in [2.75, 3.05) is 6.61 Å². The summed E-state index contributed by atoms with van der Waals surface area (Å²) in [7, 11) is 0. The van der Waals surface area contributed by atoms with Crippen LogP contribution < -0.4 is 11.2 Å². The highest BCUT2D eigenvalue weighted by atomic mass is 16.5. The molecular formula is C10H14N2O5. The average molecular weight is 243 g/mol. The Hall–Kier alpha value is -1.44. The molecule has 1 aromatic heterocycles. The zero-order chi connectivity index (χ0) is 13.5. The quantitative estimate of drug-likeness (QED) is 0.585. The van der Waals surface area contributed by atoms with Crippen LogP contribution in [0.4, 0.5) is 0 Å². The average Bonchev–Trinajstić information content (AvgIpc) is 2.59. The molecule has 1 aromatic rings. The summed E-state index contributed by atoms with van der Waals surface area (Å²) in [4.78, 5) is 24.9. The van der Waals surface area contributed by atoms with Gasteiger partial charge in [-0.3, -0.25) is 14.3 Å². The molecule has 0 saturated carbocycles. The molecular weight excluding hydrogens is 228 g/mol. The molecule has 2 rings (SSSR count). The zero-order valence-corrected chi connectivity index (χ0v) is 9.21. The van der Waals surface area contributed by atoms with Gasteiger partial charge in [0.25, 0.3) is 5.56 Å². The van der Waals surface area contributed by atoms with Crippen molar-refractivity contribution in [1.29, 1.82) is 0 Å². The molecule has 0 aliphatic carbocycles. The van der Waals surface area contributed by atoms with E-state index in [0.29, 0.717) is 0 Å². The highest BCUT2D eigenvalue weighted by Crippen LogP contribution is 2.27. The Labute approximate surface area is 97.7 Å². The number of nitrogens with one attached hydrogen (secondary N) is 1. The first-order valence-corrected chi connectivity index (χ1v) is 5.17. The lowest BCUT2D eigenvalue weighted by Crippen LogP contribution is -2.33. The van der Waals surface area contributed by atoms with Gasteiger partial charge in [0, 0.05) is 18.2 Å². The van der Waals surface area contributed by atoms with Crippen LogP contribution >= 0.6 is 0 Å². The summed E-state index contributed by atoms with van der Waals surface area (Å²) >= 11 is 0. The van der Waals surface area contributed by atoms with Crippen molar-refractivity contribution < 1.29 is 16.3 Å². The van der Waals surface area contributed by atoms with Crippen LogP contribution in [-0.4, -0.2) is 38.6 Å². The summed E-state index contributed by atoms with van der Waals surface area (Å²) in [6, 6.07) is 0. The highest BCUT2D eigenvalue weighted by Gasteiger charge is 2.34. The van der Waals surface area contributed by atoms with Gasteiger partial charge in [-0.25, -0.2) is 4.79 Å². The van der Waals surface area contributed by atoms with Crippen LogP contribution in [0.25, 0.3) is 0 Å². The van der Waals surface area contributed by atoms with E-state index < -0.39 is 36.3 Å². The van der Waals surface area contributed by atoms with Crippen LogP contribution in [0, 0.1) is 6.92 Å². The van der Waals surface area contributed by atoms with Crippen LogP contribution in [-0.2, 0) is 4.74 Å². The minimum absolute atomic E-state index is 0.163. The second-order valence-electron chi connectivity index (χ2n) is 3.95. The van der Waals surface area contributed by atoms with Crippen LogP contribution in [0.3, 0.4) is 0 Å². The van der Waals surface area contributed by atoms with Crippen LogP contribution in [0.2, 0.25) is 0 Å². The number of rotatable bonds is 2. The molecule has 7 heteroatoms. The van der Waals surface area contributed by atoms with Crippen molar-refractivity contribution in [3.8, 4) is 0 Å². The zero-order valence-electron chi connectivity index (χ0n) is 10.2. The van der Waals surface area contributed by atoms with E-state index in [-0.39, 0.29) is 12.0 Å². The van der Waals surface area contributed by atoms with Crippen molar-refractivity contribution in [3.05, 3.63) is 32.6 Å². The number of nitrogens with zero attached hydrogens (tertiary/aromatic N) is 1. The van der Waals surface area contributed by atoms with Gasteiger partial charge in [0.1, 0.15) is 12.3 Å². The minimum Gasteiger partial charge on any atom is -0.394 e. The molecule has 2 heterocycles. The number of hydrogen-bond acceptors (Lipinski definition) is 5. The Morgan fingerprint density at radius 3 is 3.00 bits per heavy atom. The molecule has 0 spiro atoms. The van der Waals surface area contributed by atoms with Crippen LogP contribution in [0.1, 0.15) is 19.6 Å². The molecule has 1 aliphatic heterocycles. The maximum Gasteiger partial charge on any atom is 0.330 e. The number of aliphatic hydroxyl groups is 2. The summed E-state index contributed by atoms with van der Waals surface area (Å²) in [6.07, 6.45) is -2.73. The van der Waals surface area contributed by atoms with Gasteiger partial charge in [-0.05, 0) is 6.92 Å². The lowest BCUT2D eigenvalue weighted by atomic mass is 10.2. The molecule has 7 nitrogen and oxygen atoms in total. The molecule has 1 fully saturated rings. The number of aliphatic hydroxyl groups excluding tert-OH is 2. The third kappa shape index (κ3) is 2.17. The van der Waals surface area contributed by atoms with Gasteiger partial charge in [0.2, 0.25) is 0 Å². The molecule has 0 radical (unpaired) electrons. The van der Waals surface area contributed by atoms with E-state index in [2.05, 4.69) is 4.98 Å². The largest absolute Gasteiger partial charge is 0.394 e. The third-order valence-corrected chi connectivity index (χ3v) is 2.67. The van der Waals surface area contributed by atoms with Crippen molar-refractivity contribution in [2.45, 2.75) is 31.8 Å². The summed E-state index contributed by atoms with van der Waals surface area (Å²) in [5.41, 5.74) is -1.06. The Morgan fingerprint density at radius 2 is 2.41 bits per heavy atom.